The summed E-state index contributed by atoms with van der Waals surface area (Å²) in [5, 5.41) is 0. The molecule has 1 aliphatic carbocycles. The number of likely N-dealkylation sites (tertiary alicyclic amines) is 1. The fourth-order valence-electron chi connectivity index (χ4n) is 4.89. The topological polar surface area (TPSA) is 42.0 Å². The summed E-state index contributed by atoms with van der Waals surface area (Å²) in [7, 11) is 3.38. The Kier molecular flexibility index (Phi) is 5.90. The third kappa shape index (κ3) is 3.90. The molecule has 1 fully saturated rings. The van der Waals surface area contributed by atoms with E-state index in [1.54, 1.807) is 14.2 Å². The second kappa shape index (κ2) is 8.56. The quantitative estimate of drug-likeness (QED) is 0.796. The van der Waals surface area contributed by atoms with Gasteiger partial charge in [0.05, 0.1) is 14.2 Å². The number of piperidine rings is 1. The lowest BCUT2D eigenvalue weighted by atomic mass is 9.94. The van der Waals surface area contributed by atoms with E-state index in [9.17, 15) is 4.79 Å². The van der Waals surface area contributed by atoms with Gasteiger partial charge in [-0.1, -0.05) is 6.08 Å². The van der Waals surface area contributed by atoms with Crippen molar-refractivity contribution in [1.29, 1.82) is 0 Å². The lowest BCUT2D eigenvalue weighted by molar-refractivity contribution is -0.129. The van der Waals surface area contributed by atoms with Crippen molar-refractivity contribution in [3.8, 4) is 11.5 Å². The molecule has 0 saturated carbocycles. The van der Waals surface area contributed by atoms with Gasteiger partial charge >= 0.3 is 0 Å². The molecule has 0 bridgehead atoms. The van der Waals surface area contributed by atoms with Crippen LogP contribution in [0.15, 0.2) is 23.8 Å². The van der Waals surface area contributed by atoms with E-state index in [2.05, 4.69) is 28.0 Å². The fourth-order valence-corrected chi connectivity index (χ4v) is 4.89. The molecule has 2 aliphatic heterocycles. The first-order chi connectivity index (χ1) is 13.7. The number of rotatable bonds is 4. The number of carbonyl (C=O) groups excluding carboxylic acids is 1. The lowest BCUT2D eigenvalue weighted by Gasteiger charge is -2.42. The number of hydrogen-bond acceptors (Lipinski definition) is 4. The summed E-state index contributed by atoms with van der Waals surface area (Å²) in [6.07, 6.45) is 9.86. The molecule has 152 valence electrons. The van der Waals surface area contributed by atoms with Crippen LogP contribution in [0.1, 0.15) is 49.7 Å². The molecule has 28 heavy (non-hydrogen) atoms. The van der Waals surface area contributed by atoms with Gasteiger partial charge in [-0.25, -0.2) is 0 Å². The molecule has 0 aromatic heterocycles. The van der Waals surface area contributed by atoms with Crippen LogP contribution in [-0.2, 0) is 17.8 Å². The molecule has 0 radical (unpaired) electrons. The third-order valence-electron chi connectivity index (χ3n) is 6.51. The van der Waals surface area contributed by atoms with Gasteiger partial charge in [0.1, 0.15) is 0 Å². The highest BCUT2D eigenvalue weighted by Crippen LogP contribution is 2.34. The maximum absolute atomic E-state index is 12.9. The van der Waals surface area contributed by atoms with Crippen molar-refractivity contribution in [2.75, 3.05) is 33.9 Å². The largest absolute Gasteiger partial charge is 0.493 e. The molecule has 4 rings (SSSR count). The number of ether oxygens (including phenoxy) is 2. The van der Waals surface area contributed by atoms with Gasteiger partial charge in [0, 0.05) is 37.8 Å². The summed E-state index contributed by atoms with van der Waals surface area (Å²) in [4.78, 5) is 17.6. The number of carbonyl (C=O) groups is 1. The molecule has 1 saturated heterocycles. The molecule has 1 atom stereocenters. The van der Waals surface area contributed by atoms with E-state index >= 15 is 0 Å². The average molecular weight is 385 g/mol. The Labute approximate surface area is 168 Å². The lowest BCUT2D eigenvalue weighted by Crippen LogP contribution is -2.51. The Morgan fingerprint density at radius 2 is 1.79 bits per heavy atom. The van der Waals surface area contributed by atoms with Gasteiger partial charge in [0.15, 0.2) is 11.5 Å². The third-order valence-corrected chi connectivity index (χ3v) is 6.51. The molecule has 0 spiro atoms. The molecular weight excluding hydrogens is 352 g/mol. The van der Waals surface area contributed by atoms with Crippen molar-refractivity contribution in [2.45, 2.75) is 57.5 Å². The monoisotopic (exact) mass is 384 g/mol. The van der Waals surface area contributed by atoms with Gasteiger partial charge in [-0.2, -0.15) is 0 Å². The molecule has 1 aromatic carbocycles. The molecule has 3 aliphatic rings. The van der Waals surface area contributed by atoms with E-state index in [0.29, 0.717) is 6.04 Å². The van der Waals surface area contributed by atoms with Gasteiger partial charge in [-0.15, -0.1) is 0 Å². The molecule has 1 amide bonds. The summed E-state index contributed by atoms with van der Waals surface area (Å²) < 4.78 is 11.0. The summed E-state index contributed by atoms with van der Waals surface area (Å²) in [5.74, 6) is 1.89. The van der Waals surface area contributed by atoms with Gasteiger partial charge in [0.2, 0.25) is 5.91 Å². The van der Waals surface area contributed by atoms with Crippen molar-refractivity contribution < 1.29 is 14.3 Å². The van der Waals surface area contributed by atoms with Crippen LogP contribution in [0.3, 0.4) is 0 Å². The van der Waals surface area contributed by atoms with Crippen molar-refractivity contribution in [3.05, 3.63) is 34.9 Å². The van der Waals surface area contributed by atoms with E-state index in [4.69, 9.17) is 9.47 Å². The van der Waals surface area contributed by atoms with Crippen molar-refractivity contribution in [2.24, 2.45) is 0 Å². The number of methoxy groups -OCH3 is 2. The van der Waals surface area contributed by atoms with Gasteiger partial charge in [-0.3, -0.25) is 9.69 Å². The second-order valence-corrected chi connectivity index (χ2v) is 8.22. The summed E-state index contributed by atoms with van der Waals surface area (Å²) in [6, 6.07) is 4.69. The molecule has 1 unspecified atom stereocenters. The zero-order valence-electron chi connectivity index (χ0n) is 17.2. The first-order valence-corrected chi connectivity index (χ1v) is 10.7. The van der Waals surface area contributed by atoms with E-state index in [1.165, 1.54) is 24.0 Å². The van der Waals surface area contributed by atoms with E-state index in [1.807, 2.05) is 0 Å². The fraction of sp³-hybridized carbons (Fsp3) is 0.609. The zero-order valence-corrected chi connectivity index (χ0v) is 17.2. The minimum absolute atomic E-state index is 0.285. The first kappa shape index (κ1) is 19.3. The summed E-state index contributed by atoms with van der Waals surface area (Å²) in [5.41, 5.74) is 3.72. The number of amides is 1. The van der Waals surface area contributed by atoms with Gasteiger partial charge in [-0.05, 0) is 68.2 Å². The Morgan fingerprint density at radius 3 is 2.50 bits per heavy atom. The molecule has 5 heteroatoms. The predicted octanol–water partition coefficient (Wildman–Crippen LogP) is 3.55. The van der Waals surface area contributed by atoms with Crippen LogP contribution in [-0.4, -0.2) is 55.6 Å². The van der Waals surface area contributed by atoms with Crippen LogP contribution in [0, 0.1) is 0 Å². The normalized spacial score (nSPS) is 23.0. The van der Waals surface area contributed by atoms with Gasteiger partial charge in [0.25, 0.3) is 0 Å². The van der Waals surface area contributed by atoms with Crippen LogP contribution in [0.2, 0.25) is 0 Å². The predicted molar refractivity (Wildman–Crippen MR) is 110 cm³/mol. The van der Waals surface area contributed by atoms with Crippen LogP contribution in [0.4, 0.5) is 0 Å². The smallest absolute Gasteiger partial charge is 0.249 e. The minimum Gasteiger partial charge on any atom is -0.493 e. The van der Waals surface area contributed by atoms with Crippen LogP contribution < -0.4 is 9.47 Å². The summed E-state index contributed by atoms with van der Waals surface area (Å²) in [6.45, 7) is 3.73. The number of fused-ring (bicyclic) bond motifs is 1. The standard InChI is InChI=1S/C23H32N2O3/c1-27-21-13-18-10-12-24(15-19(18)14-22(21)28-2)20-9-6-11-25(16-20)23(26)17-7-4-3-5-8-17/h7,13-14,20H,3-6,8-12,15-16H2,1-2H3. The van der Waals surface area contributed by atoms with E-state index in [-0.39, 0.29) is 5.91 Å². The highest BCUT2D eigenvalue weighted by molar-refractivity contribution is 5.93. The number of allylic oxidation sites excluding steroid dienone is 1. The number of hydrogen-bond donors (Lipinski definition) is 0. The Hall–Kier alpha value is -2.01. The highest BCUT2D eigenvalue weighted by Gasteiger charge is 2.31. The van der Waals surface area contributed by atoms with Crippen LogP contribution >= 0.6 is 0 Å². The highest BCUT2D eigenvalue weighted by atomic mass is 16.5. The Morgan fingerprint density at radius 1 is 1.00 bits per heavy atom. The minimum atomic E-state index is 0.285. The SMILES string of the molecule is COc1cc2c(cc1OC)CN(C1CCCN(C(=O)C3=CCCCC3)C1)CC2. The van der Waals surface area contributed by atoms with E-state index in [0.717, 1.165) is 75.4 Å². The number of benzene rings is 1. The van der Waals surface area contributed by atoms with Crippen molar-refractivity contribution >= 4 is 5.91 Å². The first-order valence-electron chi connectivity index (χ1n) is 10.7. The molecule has 0 N–H and O–H groups in total. The average Bonchev–Trinajstić information content (AvgIpc) is 2.77. The van der Waals surface area contributed by atoms with Crippen molar-refractivity contribution in [3.63, 3.8) is 0 Å². The summed E-state index contributed by atoms with van der Waals surface area (Å²) >= 11 is 0. The molecule has 5 nitrogen and oxygen atoms in total. The Bertz CT molecular complexity index is 758. The molecule has 2 heterocycles. The van der Waals surface area contributed by atoms with Crippen LogP contribution in [0.25, 0.3) is 0 Å². The number of nitrogens with zero attached hydrogens (tertiary/aromatic N) is 2. The Balaban J connectivity index is 1.45. The molecular formula is C23H32N2O3. The van der Waals surface area contributed by atoms with Crippen LogP contribution in [0.5, 0.6) is 11.5 Å². The maximum Gasteiger partial charge on any atom is 0.249 e. The maximum atomic E-state index is 12.9. The van der Waals surface area contributed by atoms with Crippen molar-refractivity contribution in [1.82, 2.24) is 9.80 Å². The zero-order chi connectivity index (χ0) is 19.5. The van der Waals surface area contributed by atoms with Gasteiger partial charge < -0.3 is 14.4 Å². The second-order valence-electron chi connectivity index (χ2n) is 8.22. The molecule has 1 aromatic rings. The van der Waals surface area contributed by atoms with E-state index < -0.39 is 0 Å².